The first-order valence-electron chi connectivity index (χ1n) is 6.99. The molecule has 1 heterocycles. The minimum Gasteiger partial charge on any atom is -0.364 e. The van der Waals surface area contributed by atoms with E-state index >= 15 is 0 Å². The molecule has 1 aliphatic heterocycles. The minimum absolute atomic E-state index is 0.0272. The smallest absolute Gasteiger partial charge is 0.249 e. The summed E-state index contributed by atoms with van der Waals surface area (Å²) < 4.78 is 5.60. The molecule has 4 nitrogen and oxygen atoms in total. The highest BCUT2D eigenvalue weighted by atomic mass is 16.5. The number of benzene rings is 1. The number of nitrogens with one attached hydrogen (secondary N) is 1. The summed E-state index contributed by atoms with van der Waals surface area (Å²) in [4.78, 5) is 12.1. The zero-order chi connectivity index (χ0) is 13.2. The Morgan fingerprint density at radius 2 is 2.11 bits per heavy atom. The number of ether oxygens (including phenoxy) is 1. The van der Waals surface area contributed by atoms with Crippen molar-refractivity contribution in [1.29, 1.82) is 0 Å². The summed E-state index contributed by atoms with van der Waals surface area (Å²) in [7, 11) is 0. The summed E-state index contributed by atoms with van der Waals surface area (Å²) in [5.74, 6) is 0.497. The maximum Gasteiger partial charge on any atom is 0.249 e. The zero-order valence-corrected chi connectivity index (χ0v) is 10.9. The van der Waals surface area contributed by atoms with Crippen LogP contribution in [0.5, 0.6) is 0 Å². The molecule has 0 radical (unpaired) electrons. The summed E-state index contributed by atoms with van der Waals surface area (Å²) in [5, 5.41) is 3.08. The molecule has 1 aromatic rings. The van der Waals surface area contributed by atoms with Crippen LogP contribution in [0.3, 0.4) is 0 Å². The Bertz CT molecular complexity index is 449. The number of hydrogen-bond acceptors (Lipinski definition) is 3. The van der Waals surface area contributed by atoms with E-state index < -0.39 is 0 Å². The summed E-state index contributed by atoms with van der Waals surface area (Å²) in [6, 6.07) is 10.6. The molecule has 1 aromatic carbocycles. The number of hydrogen-bond donors (Lipinski definition) is 2. The lowest BCUT2D eigenvalue weighted by Gasteiger charge is -2.12. The number of nitrogens with two attached hydrogens (primary N) is 1. The average Bonchev–Trinajstić information content (AvgIpc) is 3.04. The molecule has 2 fully saturated rings. The van der Waals surface area contributed by atoms with Crippen LogP contribution in [0, 0.1) is 0 Å². The monoisotopic (exact) mass is 260 g/mol. The quantitative estimate of drug-likeness (QED) is 0.854. The van der Waals surface area contributed by atoms with Gasteiger partial charge < -0.3 is 15.8 Å². The summed E-state index contributed by atoms with van der Waals surface area (Å²) >= 11 is 0. The molecule has 3 N–H and O–H groups in total. The van der Waals surface area contributed by atoms with Gasteiger partial charge in [-0.3, -0.25) is 4.79 Å². The predicted molar refractivity (Wildman–Crippen MR) is 72.7 cm³/mol. The standard InChI is InChI=1S/C15H20N2O2/c16-9-11-6-7-14(19-11)15(18)17-13-8-12(13)10-4-2-1-3-5-10/h1-5,11-14H,6-9,16H2,(H,17,18)/t11-,12?,13?,14+/m1/s1. The molecule has 4 atom stereocenters. The largest absolute Gasteiger partial charge is 0.364 e. The molecule has 0 aromatic heterocycles. The second kappa shape index (κ2) is 5.31. The number of rotatable bonds is 4. The molecule has 1 saturated heterocycles. The first-order chi connectivity index (χ1) is 9.28. The van der Waals surface area contributed by atoms with Gasteiger partial charge in [-0.1, -0.05) is 30.3 Å². The van der Waals surface area contributed by atoms with Crippen molar-refractivity contribution in [3.63, 3.8) is 0 Å². The van der Waals surface area contributed by atoms with Crippen molar-refractivity contribution in [3.05, 3.63) is 35.9 Å². The van der Waals surface area contributed by atoms with Gasteiger partial charge in [0.25, 0.3) is 0 Å². The first kappa shape index (κ1) is 12.6. The van der Waals surface area contributed by atoms with E-state index in [1.807, 2.05) is 18.2 Å². The Hall–Kier alpha value is -1.39. The first-order valence-corrected chi connectivity index (χ1v) is 6.99. The molecule has 3 rings (SSSR count). The molecular formula is C15H20N2O2. The van der Waals surface area contributed by atoms with Crippen LogP contribution in [0.25, 0.3) is 0 Å². The highest BCUT2D eigenvalue weighted by molar-refractivity contribution is 5.81. The third kappa shape index (κ3) is 2.80. The van der Waals surface area contributed by atoms with Gasteiger partial charge in [-0.2, -0.15) is 0 Å². The van der Waals surface area contributed by atoms with Gasteiger partial charge in [0, 0.05) is 18.5 Å². The molecule has 0 spiro atoms. The summed E-state index contributed by atoms with van der Waals surface area (Å²) in [5.41, 5.74) is 6.86. The molecule has 102 valence electrons. The summed E-state index contributed by atoms with van der Waals surface area (Å²) in [6.07, 6.45) is 2.46. The molecule has 4 heteroatoms. The van der Waals surface area contributed by atoms with Crippen molar-refractivity contribution in [2.75, 3.05) is 6.54 Å². The van der Waals surface area contributed by atoms with E-state index in [-0.39, 0.29) is 24.2 Å². The van der Waals surface area contributed by atoms with Crippen molar-refractivity contribution in [3.8, 4) is 0 Å². The van der Waals surface area contributed by atoms with Crippen LogP contribution in [0.4, 0.5) is 0 Å². The van der Waals surface area contributed by atoms with Gasteiger partial charge in [-0.15, -0.1) is 0 Å². The van der Waals surface area contributed by atoms with Gasteiger partial charge in [0.15, 0.2) is 0 Å². The van der Waals surface area contributed by atoms with Crippen molar-refractivity contribution in [2.45, 2.75) is 43.4 Å². The van der Waals surface area contributed by atoms with Crippen LogP contribution in [0.15, 0.2) is 30.3 Å². The maximum absolute atomic E-state index is 12.1. The van der Waals surface area contributed by atoms with Crippen LogP contribution in [-0.2, 0) is 9.53 Å². The Balaban J connectivity index is 1.50. The van der Waals surface area contributed by atoms with Gasteiger partial charge in [-0.05, 0) is 24.8 Å². The van der Waals surface area contributed by atoms with E-state index in [9.17, 15) is 4.79 Å². The van der Waals surface area contributed by atoms with Crippen molar-refractivity contribution < 1.29 is 9.53 Å². The Kier molecular flexibility index (Phi) is 3.53. The summed E-state index contributed by atoms with van der Waals surface area (Å²) in [6.45, 7) is 0.500. The van der Waals surface area contributed by atoms with E-state index in [1.165, 1.54) is 5.56 Å². The Morgan fingerprint density at radius 3 is 2.79 bits per heavy atom. The van der Waals surface area contributed by atoms with Crippen LogP contribution >= 0.6 is 0 Å². The van der Waals surface area contributed by atoms with E-state index in [4.69, 9.17) is 10.5 Å². The topological polar surface area (TPSA) is 64.4 Å². The van der Waals surface area contributed by atoms with Gasteiger partial charge >= 0.3 is 0 Å². The van der Waals surface area contributed by atoms with Gasteiger partial charge in [0.1, 0.15) is 6.10 Å². The maximum atomic E-state index is 12.1. The zero-order valence-electron chi connectivity index (χ0n) is 10.9. The second-order valence-corrected chi connectivity index (χ2v) is 5.43. The van der Waals surface area contributed by atoms with Crippen molar-refractivity contribution in [2.24, 2.45) is 5.73 Å². The fourth-order valence-electron chi connectivity index (χ4n) is 2.77. The molecule has 1 amide bonds. The molecule has 19 heavy (non-hydrogen) atoms. The fourth-order valence-corrected chi connectivity index (χ4v) is 2.77. The van der Waals surface area contributed by atoms with E-state index in [1.54, 1.807) is 0 Å². The predicted octanol–water partition coefficient (Wildman–Crippen LogP) is 1.16. The molecular weight excluding hydrogens is 240 g/mol. The lowest BCUT2D eigenvalue weighted by atomic mass is 10.1. The highest BCUT2D eigenvalue weighted by Crippen LogP contribution is 2.40. The van der Waals surface area contributed by atoms with Gasteiger partial charge in [0.05, 0.1) is 6.10 Å². The fraction of sp³-hybridized carbons (Fsp3) is 0.533. The third-order valence-electron chi connectivity index (χ3n) is 4.01. The minimum atomic E-state index is -0.300. The van der Waals surface area contributed by atoms with Crippen LogP contribution < -0.4 is 11.1 Å². The van der Waals surface area contributed by atoms with Gasteiger partial charge in [-0.25, -0.2) is 0 Å². The molecule has 1 saturated carbocycles. The highest BCUT2D eigenvalue weighted by Gasteiger charge is 2.41. The van der Waals surface area contributed by atoms with Crippen LogP contribution in [-0.4, -0.2) is 30.7 Å². The SMILES string of the molecule is NC[C@H]1CC[C@@H](C(=O)NC2CC2c2ccccc2)O1. The number of amides is 1. The third-order valence-corrected chi connectivity index (χ3v) is 4.01. The van der Waals surface area contributed by atoms with Crippen LogP contribution in [0.2, 0.25) is 0 Å². The van der Waals surface area contributed by atoms with Crippen molar-refractivity contribution in [1.82, 2.24) is 5.32 Å². The number of carbonyl (C=O) groups is 1. The molecule has 1 aliphatic carbocycles. The second-order valence-electron chi connectivity index (χ2n) is 5.43. The van der Waals surface area contributed by atoms with Crippen LogP contribution in [0.1, 0.15) is 30.7 Å². The normalized spacial score (nSPS) is 33.1. The lowest BCUT2D eigenvalue weighted by molar-refractivity contribution is -0.132. The Morgan fingerprint density at radius 1 is 1.32 bits per heavy atom. The molecule has 0 bridgehead atoms. The Labute approximate surface area is 113 Å². The van der Waals surface area contributed by atoms with E-state index in [2.05, 4.69) is 17.4 Å². The lowest BCUT2D eigenvalue weighted by Crippen LogP contribution is -2.37. The average molecular weight is 260 g/mol. The van der Waals surface area contributed by atoms with Crippen molar-refractivity contribution >= 4 is 5.91 Å². The van der Waals surface area contributed by atoms with E-state index in [0.29, 0.717) is 12.5 Å². The molecule has 2 unspecified atom stereocenters. The van der Waals surface area contributed by atoms with E-state index in [0.717, 1.165) is 19.3 Å². The number of carbonyl (C=O) groups excluding carboxylic acids is 1. The van der Waals surface area contributed by atoms with Gasteiger partial charge in [0.2, 0.25) is 5.91 Å². The molecule has 2 aliphatic rings.